The summed E-state index contributed by atoms with van der Waals surface area (Å²) in [5.74, 6) is -0.0339. The number of carbonyl (C=O) groups excluding carboxylic acids is 1. The van der Waals surface area contributed by atoms with Gasteiger partial charge in [0.2, 0.25) is 11.0 Å². The first-order valence-electron chi connectivity index (χ1n) is 6.62. The molecule has 7 heteroatoms. The number of rotatable bonds is 3. The minimum absolute atomic E-state index is 0.0339. The predicted molar refractivity (Wildman–Crippen MR) is 77.4 cm³/mol. The Bertz CT molecular complexity index is 579. The minimum atomic E-state index is -0.119. The summed E-state index contributed by atoms with van der Waals surface area (Å²) in [5.41, 5.74) is 0.765. The van der Waals surface area contributed by atoms with E-state index in [1.54, 1.807) is 6.20 Å². The predicted octanol–water partition coefficient (Wildman–Crippen LogP) is 1.68. The van der Waals surface area contributed by atoms with Crippen LogP contribution in [0.25, 0.3) is 10.7 Å². The summed E-state index contributed by atoms with van der Waals surface area (Å²) in [7, 11) is 0. The molecule has 2 aromatic heterocycles. The fourth-order valence-electron chi connectivity index (χ4n) is 2.13. The van der Waals surface area contributed by atoms with Crippen molar-refractivity contribution in [2.75, 3.05) is 11.9 Å². The van der Waals surface area contributed by atoms with Gasteiger partial charge in [-0.05, 0) is 31.5 Å². The molecule has 1 saturated heterocycles. The zero-order valence-electron chi connectivity index (χ0n) is 10.9. The first-order valence-corrected chi connectivity index (χ1v) is 7.44. The Kier molecular flexibility index (Phi) is 3.98. The molecule has 0 bridgehead atoms. The summed E-state index contributed by atoms with van der Waals surface area (Å²) in [5, 5.41) is 15.3. The van der Waals surface area contributed by atoms with E-state index < -0.39 is 0 Å². The van der Waals surface area contributed by atoms with E-state index in [1.165, 1.54) is 11.3 Å². The number of nitrogens with one attached hydrogen (secondary N) is 2. The number of pyridine rings is 1. The van der Waals surface area contributed by atoms with Crippen LogP contribution in [0.5, 0.6) is 0 Å². The van der Waals surface area contributed by atoms with Crippen LogP contribution in [0.4, 0.5) is 5.13 Å². The number of piperidine rings is 1. The van der Waals surface area contributed by atoms with Crippen molar-refractivity contribution in [3.63, 3.8) is 0 Å². The van der Waals surface area contributed by atoms with Crippen LogP contribution in [0.2, 0.25) is 0 Å². The van der Waals surface area contributed by atoms with Gasteiger partial charge in [0.05, 0.1) is 6.04 Å². The van der Waals surface area contributed by atoms with E-state index in [1.807, 2.05) is 18.2 Å². The average Bonchev–Trinajstić information content (AvgIpc) is 2.97. The molecule has 0 saturated carbocycles. The molecule has 3 rings (SSSR count). The normalized spacial score (nSPS) is 18.7. The van der Waals surface area contributed by atoms with Crippen LogP contribution in [0.3, 0.4) is 0 Å². The zero-order valence-corrected chi connectivity index (χ0v) is 11.7. The highest BCUT2D eigenvalue weighted by molar-refractivity contribution is 7.18. The van der Waals surface area contributed by atoms with E-state index in [4.69, 9.17) is 0 Å². The summed E-state index contributed by atoms with van der Waals surface area (Å²) >= 11 is 1.33. The van der Waals surface area contributed by atoms with Gasteiger partial charge in [-0.1, -0.05) is 23.8 Å². The number of nitrogens with zero attached hydrogens (tertiary/aromatic N) is 3. The number of hydrogen-bond acceptors (Lipinski definition) is 6. The van der Waals surface area contributed by atoms with Crippen LogP contribution in [-0.4, -0.2) is 33.7 Å². The number of aromatic nitrogens is 3. The topological polar surface area (TPSA) is 79.8 Å². The molecule has 20 heavy (non-hydrogen) atoms. The van der Waals surface area contributed by atoms with Crippen molar-refractivity contribution in [1.82, 2.24) is 20.5 Å². The van der Waals surface area contributed by atoms with Gasteiger partial charge in [0, 0.05) is 6.20 Å². The molecule has 3 heterocycles. The van der Waals surface area contributed by atoms with Gasteiger partial charge in [0.15, 0.2) is 5.01 Å². The highest BCUT2D eigenvalue weighted by Gasteiger charge is 2.21. The number of hydrogen-bond donors (Lipinski definition) is 2. The van der Waals surface area contributed by atoms with Crippen molar-refractivity contribution >= 4 is 22.4 Å². The fourth-order valence-corrected chi connectivity index (χ4v) is 2.86. The highest BCUT2D eigenvalue weighted by atomic mass is 32.1. The van der Waals surface area contributed by atoms with Gasteiger partial charge in [-0.25, -0.2) is 0 Å². The van der Waals surface area contributed by atoms with Gasteiger partial charge in [-0.15, -0.1) is 10.2 Å². The quantitative estimate of drug-likeness (QED) is 0.898. The maximum Gasteiger partial charge on any atom is 0.243 e. The Morgan fingerprint density at radius 2 is 2.30 bits per heavy atom. The van der Waals surface area contributed by atoms with E-state index in [9.17, 15) is 4.79 Å². The first kappa shape index (κ1) is 13.1. The smallest absolute Gasteiger partial charge is 0.243 e. The number of amides is 1. The average molecular weight is 289 g/mol. The molecular weight excluding hydrogens is 274 g/mol. The van der Waals surface area contributed by atoms with E-state index in [0.717, 1.165) is 31.5 Å². The molecule has 0 unspecified atom stereocenters. The van der Waals surface area contributed by atoms with Gasteiger partial charge in [-0.3, -0.25) is 15.1 Å². The van der Waals surface area contributed by atoms with Crippen molar-refractivity contribution in [3.05, 3.63) is 24.4 Å². The molecule has 1 aliphatic rings. The van der Waals surface area contributed by atoms with Crippen molar-refractivity contribution in [2.45, 2.75) is 25.3 Å². The first-order chi connectivity index (χ1) is 9.83. The maximum atomic E-state index is 12.1. The molecule has 0 radical (unpaired) electrons. The minimum Gasteiger partial charge on any atom is -0.306 e. The molecule has 0 aliphatic carbocycles. The summed E-state index contributed by atoms with van der Waals surface area (Å²) < 4.78 is 0. The summed E-state index contributed by atoms with van der Waals surface area (Å²) in [4.78, 5) is 16.3. The van der Waals surface area contributed by atoms with Crippen molar-refractivity contribution in [1.29, 1.82) is 0 Å². The SMILES string of the molecule is O=C(Nc1nnc(-c2ccccn2)s1)[C@H]1CCCCN1. The molecule has 0 aromatic carbocycles. The molecule has 1 fully saturated rings. The van der Waals surface area contributed by atoms with E-state index in [-0.39, 0.29) is 11.9 Å². The lowest BCUT2D eigenvalue weighted by Gasteiger charge is -2.21. The highest BCUT2D eigenvalue weighted by Crippen LogP contribution is 2.24. The molecule has 1 amide bonds. The number of anilines is 1. The largest absolute Gasteiger partial charge is 0.306 e. The third-order valence-corrected chi connectivity index (χ3v) is 4.03. The van der Waals surface area contributed by atoms with Crippen LogP contribution < -0.4 is 10.6 Å². The molecule has 0 spiro atoms. The van der Waals surface area contributed by atoms with Crippen molar-refractivity contribution in [2.24, 2.45) is 0 Å². The monoisotopic (exact) mass is 289 g/mol. The summed E-state index contributed by atoms with van der Waals surface area (Å²) in [6.07, 6.45) is 4.80. The van der Waals surface area contributed by atoms with Gasteiger partial charge in [0.25, 0.3) is 0 Å². The van der Waals surface area contributed by atoms with Gasteiger partial charge < -0.3 is 5.32 Å². The van der Waals surface area contributed by atoms with E-state index >= 15 is 0 Å². The molecule has 1 atom stereocenters. The van der Waals surface area contributed by atoms with Crippen LogP contribution in [-0.2, 0) is 4.79 Å². The van der Waals surface area contributed by atoms with Crippen LogP contribution in [0.1, 0.15) is 19.3 Å². The third kappa shape index (κ3) is 3.00. The zero-order chi connectivity index (χ0) is 13.8. The third-order valence-electron chi connectivity index (χ3n) is 3.17. The van der Waals surface area contributed by atoms with Crippen LogP contribution >= 0.6 is 11.3 Å². The Labute approximate surface area is 120 Å². The van der Waals surface area contributed by atoms with Crippen molar-refractivity contribution in [3.8, 4) is 10.7 Å². The van der Waals surface area contributed by atoms with Crippen molar-refractivity contribution < 1.29 is 4.79 Å². The Hall–Kier alpha value is -1.86. The fraction of sp³-hybridized carbons (Fsp3) is 0.385. The Balaban J connectivity index is 1.66. The molecule has 1 aliphatic heterocycles. The lowest BCUT2D eigenvalue weighted by atomic mass is 10.0. The standard InChI is InChI=1S/C13H15N5OS/c19-11(9-5-1-3-7-14-9)16-13-18-17-12(20-13)10-6-2-4-8-15-10/h2,4,6,8-9,14H,1,3,5,7H2,(H,16,18,19)/t9-/m1/s1. The van der Waals surface area contributed by atoms with Crippen LogP contribution in [0.15, 0.2) is 24.4 Å². The molecule has 104 valence electrons. The van der Waals surface area contributed by atoms with Crippen LogP contribution in [0, 0.1) is 0 Å². The molecule has 6 nitrogen and oxygen atoms in total. The van der Waals surface area contributed by atoms with E-state index in [0.29, 0.717) is 10.1 Å². The second-order valence-electron chi connectivity index (χ2n) is 4.62. The Morgan fingerprint density at radius 1 is 1.35 bits per heavy atom. The molecular formula is C13H15N5OS. The van der Waals surface area contributed by atoms with Gasteiger partial charge >= 0.3 is 0 Å². The lowest BCUT2D eigenvalue weighted by Crippen LogP contribution is -2.43. The summed E-state index contributed by atoms with van der Waals surface area (Å²) in [6, 6.07) is 5.50. The summed E-state index contributed by atoms with van der Waals surface area (Å²) in [6.45, 7) is 0.896. The van der Waals surface area contributed by atoms with Gasteiger partial charge in [0.1, 0.15) is 5.69 Å². The van der Waals surface area contributed by atoms with Gasteiger partial charge in [-0.2, -0.15) is 0 Å². The lowest BCUT2D eigenvalue weighted by molar-refractivity contribution is -0.118. The number of carbonyl (C=O) groups is 1. The molecule has 2 aromatic rings. The molecule has 2 N–H and O–H groups in total. The second-order valence-corrected chi connectivity index (χ2v) is 5.60. The van der Waals surface area contributed by atoms with E-state index in [2.05, 4.69) is 25.8 Å². The Morgan fingerprint density at radius 3 is 3.05 bits per heavy atom. The maximum absolute atomic E-state index is 12.1. The second kappa shape index (κ2) is 6.06.